The highest BCUT2D eigenvalue weighted by Gasteiger charge is 2.21. The molecule has 210 valence electrons. The second-order valence-corrected chi connectivity index (χ2v) is 11.0. The third-order valence-electron chi connectivity index (χ3n) is 8.48. The van der Waals surface area contributed by atoms with Crippen LogP contribution in [0.1, 0.15) is 32.1 Å². The Hall–Kier alpha value is -3.49. The summed E-state index contributed by atoms with van der Waals surface area (Å²) in [5.41, 5.74) is 0.879. The summed E-state index contributed by atoms with van der Waals surface area (Å²) in [6.07, 6.45) is 6.39. The highest BCUT2D eigenvalue weighted by Crippen LogP contribution is 2.43. The first kappa shape index (κ1) is 25.5. The van der Waals surface area contributed by atoms with Gasteiger partial charge in [0, 0.05) is 34.6 Å². The summed E-state index contributed by atoms with van der Waals surface area (Å²) in [5, 5.41) is 5.06. The molecule has 0 radical (unpaired) electrons. The Morgan fingerprint density at radius 2 is 1.38 bits per heavy atom. The third kappa shape index (κ3) is 4.95. The van der Waals surface area contributed by atoms with Crippen molar-refractivity contribution in [2.45, 2.75) is 32.1 Å². The van der Waals surface area contributed by atoms with Crippen molar-refractivity contribution in [1.29, 1.82) is 0 Å². The molecule has 8 heteroatoms. The lowest BCUT2D eigenvalue weighted by Crippen LogP contribution is -2.33. The molecule has 0 N–H and O–H groups in total. The molecule has 4 aromatic rings. The van der Waals surface area contributed by atoms with Crippen molar-refractivity contribution in [3.05, 3.63) is 36.4 Å². The number of ether oxygens (including phenoxy) is 5. The number of hydrogen-bond donors (Lipinski definition) is 0. The number of benzene rings is 3. The van der Waals surface area contributed by atoms with Crippen LogP contribution in [0.4, 0.5) is 0 Å². The summed E-state index contributed by atoms with van der Waals surface area (Å²) in [6, 6.07) is 12.4. The van der Waals surface area contributed by atoms with E-state index in [0.29, 0.717) is 24.8 Å². The number of aromatic nitrogens is 1. The molecule has 0 saturated carbocycles. The Balaban J connectivity index is 1.29. The van der Waals surface area contributed by atoms with Crippen molar-refractivity contribution in [2.75, 3.05) is 66.4 Å². The van der Waals surface area contributed by atoms with Gasteiger partial charge in [-0.25, -0.2) is 4.98 Å². The molecule has 4 heterocycles. The highest BCUT2D eigenvalue weighted by atomic mass is 16.7. The van der Waals surface area contributed by atoms with E-state index in [9.17, 15) is 0 Å². The van der Waals surface area contributed by atoms with E-state index in [-0.39, 0.29) is 6.79 Å². The minimum Gasteiger partial charge on any atom is -0.493 e. The maximum absolute atomic E-state index is 6.42. The summed E-state index contributed by atoms with van der Waals surface area (Å²) in [4.78, 5) is 10.0. The Labute approximate surface area is 234 Å². The monoisotopic (exact) mass is 543 g/mol. The van der Waals surface area contributed by atoms with Crippen molar-refractivity contribution in [3.8, 4) is 28.9 Å². The van der Waals surface area contributed by atoms with Crippen LogP contribution < -0.4 is 23.7 Å². The molecule has 2 fully saturated rings. The average Bonchev–Trinajstić information content (AvgIpc) is 3.68. The smallest absolute Gasteiger partial charge is 0.231 e. The standard InChI is InChI=1S/C32H37N3O5/c1-36-27-20-26-25(19-29(27)37-15-13-34-9-3-2-4-10-34)23-8-7-22-17-28-30(40-21-39-28)18-24(22)31(23)33-32(26)38-16-14-35-11-5-6-12-35/h7-8,17-20H,2-6,9-16,21H2,1H3. The summed E-state index contributed by atoms with van der Waals surface area (Å²) in [7, 11) is 1.69. The predicted molar refractivity (Wildman–Crippen MR) is 156 cm³/mol. The van der Waals surface area contributed by atoms with Gasteiger partial charge >= 0.3 is 0 Å². The molecular weight excluding hydrogens is 506 g/mol. The first-order valence-electron chi connectivity index (χ1n) is 14.6. The quantitative estimate of drug-likeness (QED) is 0.252. The topological polar surface area (TPSA) is 65.5 Å². The lowest BCUT2D eigenvalue weighted by Gasteiger charge is -2.26. The van der Waals surface area contributed by atoms with Gasteiger partial charge in [0.05, 0.1) is 12.6 Å². The molecule has 7 rings (SSSR count). The zero-order valence-corrected chi connectivity index (χ0v) is 23.2. The molecule has 0 bridgehead atoms. The van der Waals surface area contributed by atoms with Gasteiger partial charge in [-0.2, -0.15) is 0 Å². The van der Waals surface area contributed by atoms with E-state index >= 15 is 0 Å². The SMILES string of the molecule is COc1cc2c(OCCN3CCCC3)nc3c4cc5c(cc4ccc3c2cc1OCCN1CCCCC1)OCO5. The van der Waals surface area contributed by atoms with Gasteiger partial charge in [0.15, 0.2) is 23.0 Å². The van der Waals surface area contributed by atoms with Gasteiger partial charge in [-0.1, -0.05) is 18.6 Å². The van der Waals surface area contributed by atoms with Crippen LogP contribution in [0.2, 0.25) is 0 Å². The van der Waals surface area contributed by atoms with E-state index in [1.807, 2.05) is 18.2 Å². The van der Waals surface area contributed by atoms with Gasteiger partial charge in [0.25, 0.3) is 0 Å². The van der Waals surface area contributed by atoms with E-state index < -0.39 is 0 Å². The zero-order valence-electron chi connectivity index (χ0n) is 23.2. The van der Waals surface area contributed by atoms with Crippen molar-refractivity contribution >= 4 is 32.4 Å². The summed E-state index contributed by atoms with van der Waals surface area (Å²) in [6.45, 7) is 7.83. The second kappa shape index (κ2) is 11.2. The fraction of sp³-hybridized carbons (Fsp3) is 0.469. The van der Waals surface area contributed by atoms with E-state index in [1.165, 1.54) is 32.1 Å². The molecule has 3 aromatic carbocycles. The first-order valence-corrected chi connectivity index (χ1v) is 14.6. The number of fused-ring (bicyclic) bond motifs is 6. The summed E-state index contributed by atoms with van der Waals surface area (Å²) < 4.78 is 29.9. The Kier molecular flexibility index (Phi) is 7.12. The van der Waals surface area contributed by atoms with E-state index in [4.69, 9.17) is 28.7 Å². The van der Waals surface area contributed by atoms with Crippen LogP contribution in [-0.4, -0.2) is 81.2 Å². The minimum absolute atomic E-state index is 0.239. The number of nitrogens with zero attached hydrogens (tertiary/aromatic N) is 3. The molecule has 0 amide bonds. The van der Waals surface area contributed by atoms with E-state index in [0.717, 1.165) is 89.0 Å². The first-order chi connectivity index (χ1) is 19.8. The molecule has 8 nitrogen and oxygen atoms in total. The van der Waals surface area contributed by atoms with Crippen molar-refractivity contribution in [1.82, 2.24) is 14.8 Å². The van der Waals surface area contributed by atoms with E-state index in [2.05, 4.69) is 28.0 Å². The molecule has 1 aromatic heterocycles. The van der Waals surface area contributed by atoms with Gasteiger partial charge in [0.1, 0.15) is 13.2 Å². The van der Waals surface area contributed by atoms with Crippen molar-refractivity contribution in [3.63, 3.8) is 0 Å². The van der Waals surface area contributed by atoms with Gasteiger partial charge in [-0.3, -0.25) is 9.80 Å². The van der Waals surface area contributed by atoms with Gasteiger partial charge in [-0.05, 0) is 81.5 Å². The predicted octanol–water partition coefficient (Wildman–Crippen LogP) is 5.62. The lowest BCUT2D eigenvalue weighted by molar-refractivity contribution is 0.174. The maximum atomic E-state index is 6.42. The van der Waals surface area contributed by atoms with Crippen LogP contribution in [0.5, 0.6) is 28.9 Å². The third-order valence-corrected chi connectivity index (χ3v) is 8.48. The van der Waals surface area contributed by atoms with Crippen LogP contribution in [0.15, 0.2) is 36.4 Å². The van der Waals surface area contributed by atoms with Gasteiger partial charge < -0.3 is 23.7 Å². The van der Waals surface area contributed by atoms with Crippen molar-refractivity contribution in [2.24, 2.45) is 0 Å². The number of hydrogen-bond acceptors (Lipinski definition) is 8. The minimum atomic E-state index is 0.239. The fourth-order valence-corrected chi connectivity index (χ4v) is 6.28. The molecule has 2 saturated heterocycles. The zero-order chi connectivity index (χ0) is 26.9. The molecule has 3 aliphatic rings. The maximum Gasteiger partial charge on any atom is 0.231 e. The molecule has 0 spiro atoms. The lowest BCUT2D eigenvalue weighted by atomic mass is 10.0. The molecule has 0 unspecified atom stereocenters. The fourth-order valence-electron chi connectivity index (χ4n) is 6.28. The van der Waals surface area contributed by atoms with Crippen LogP contribution in [0.25, 0.3) is 32.4 Å². The molecular formula is C32H37N3O5. The van der Waals surface area contributed by atoms with Crippen LogP contribution in [-0.2, 0) is 0 Å². The highest BCUT2D eigenvalue weighted by molar-refractivity contribution is 6.17. The number of methoxy groups -OCH3 is 1. The van der Waals surface area contributed by atoms with Gasteiger partial charge in [0.2, 0.25) is 12.7 Å². The number of rotatable bonds is 9. The summed E-state index contributed by atoms with van der Waals surface area (Å²) in [5.74, 6) is 3.57. The van der Waals surface area contributed by atoms with Crippen LogP contribution in [0, 0.1) is 0 Å². The second-order valence-electron chi connectivity index (χ2n) is 11.0. The Morgan fingerprint density at radius 3 is 2.12 bits per heavy atom. The van der Waals surface area contributed by atoms with Crippen LogP contribution in [0.3, 0.4) is 0 Å². The van der Waals surface area contributed by atoms with Crippen LogP contribution >= 0.6 is 0 Å². The molecule has 0 atom stereocenters. The van der Waals surface area contributed by atoms with E-state index in [1.54, 1.807) is 7.11 Å². The van der Waals surface area contributed by atoms with Crippen molar-refractivity contribution < 1.29 is 23.7 Å². The average molecular weight is 544 g/mol. The Morgan fingerprint density at radius 1 is 0.700 bits per heavy atom. The normalized spacial score (nSPS) is 17.7. The largest absolute Gasteiger partial charge is 0.493 e. The molecule has 3 aliphatic heterocycles. The summed E-state index contributed by atoms with van der Waals surface area (Å²) >= 11 is 0. The van der Waals surface area contributed by atoms with Gasteiger partial charge in [-0.15, -0.1) is 0 Å². The Bertz CT molecular complexity index is 1530. The number of pyridine rings is 1. The number of piperidine rings is 1. The molecule has 0 aliphatic carbocycles. The molecule has 40 heavy (non-hydrogen) atoms. The number of likely N-dealkylation sites (tertiary alicyclic amines) is 2.